The highest BCUT2D eigenvalue weighted by atomic mass is 16.5. The molecule has 0 aromatic heterocycles. The molecule has 23 heavy (non-hydrogen) atoms. The predicted molar refractivity (Wildman–Crippen MR) is 95.5 cm³/mol. The molecule has 2 rings (SSSR count). The van der Waals surface area contributed by atoms with Crippen molar-refractivity contribution in [2.75, 3.05) is 26.3 Å². The first-order valence-corrected chi connectivity index (χ1v) is 8.05. The molecule has 1 aliphatic heterocycles. The van der Waals surface area contributed by atoms with E-state index in [1.807, 2.05) is 32.9 Å². The van der Waals surface area contributed by atoms with Gasteiger partial charge >= 0.3 is 0 Å². The Bertz CT molecular complexity index is 564. The van der Waals surface area contributed by atoms with E-state index >= 15 is 0 Å². The SMILES string of the molecule is CC(C)(C)/C(N)=C/C(N)=Nc1ccc(CN2CCOCC2)cc1. The maximum atomic E-state index is 6.02. The fraction of sp³-hybridized carbons (Fsp3) is 0.500. The predicted octanol–water partition coefficient (Wildman–Crippen LogP) is 2.40. The van der Waals surface area contributed by atoms with E-state index in [0.717, 1.165) is 44.2 Å². The van der Waals surface area contributed by atoms with Crippen molar-refractivity contribution in [1.29, 1.82) is 0 Å². The van der Waals surface area contributed by atoms with Gasteiger partial charge in [-0.15, -0.1) is 0 Å². The standard InChI is InChI=1S/C18H28N4O/c1-18(2,3)16(19)12-17(20)21-15-6-4-14(5-7-15)13-22-8-10-23-11-9-22/h4-7,12H,8-11,13,19H2,1-3H3,(H2,20,21)/b16-12-. The van der Waals surface area contributed by atoms with Gasteiger partial charge in [0, 0.05) is 30.7 Å². The molecule has 1 aromatic rings. The van der Waals surface area contributed by atoms with Crippen LogP contribution in [0.5, 0.6) is 0 Å². The van der Waals surface area contributed by atoms with Crippen molar-refractivity contribution >= 4 is 11.5 Å². The Balaban J connectivity index is 2.00. The monoisotopic (exact) mass is 316 g/mol. The van der Waals surface area contributed by atoms with E-state index in [-0.39, 0.29) is 5.41 Å². The topological polar surface area (TPSA) is 76.9 Å². The molecule has 4 N–H and O–H groups in total. The number of amidine groups is 1. The quantitative estimate of drug-likeness (QED) is 0.660. The second-order valence-electron chi connectivity index (χ2n) is 6.94. The van der Waals surface area contributed by atoms with Gasteiger partial charge in [-0.3, -0.25) is 4.90 Å². The fourth-order valence-corrected chi connectivity index (χ4v) is 2.25. The van der Waals surface area contributed by atoms with Crippen LogP contribution in [0.2, 0.25) is 0 Å². The minimum atomic E-state index is -0.109. The maximum Gasteiger partial charge on any atom is 0.125 e. The molecule has 0 amide bonds. The highest BCUT2D eigenvalue weighted by molar-refractivity contribution is 5.93. The van der Waals surface area contributed by atoms with Crippen LogP contribution < -0.4 is 11.5 Å². The number of ether oxygens (including phenoxy) is 1. The number of morpholine rings is 1. The van der Waals surface area contributed by atoms with Gasteiger partial charge in [0.1, 0.15) is 5.84 Å². The van der Waals surface area contributed by atoms with Crippen LogP contribution >= 0.6 is 0 Å². The van der Waals surface area contributed by atoms with Crippen LogP contribution in [0.1, 0.15) is 26.3 Å². The van der Waals surface area contributed by atoms with E-state index in [2.05, 4.69) is 22.0 Å². The minimum Gasteiger partial charge on any atom is -0.401 e. The maximum absolute atomic E-state index is 6.02. The molecule has 1 heterocycles. The molecular formula is C18H28N4O. The molecule has 5 heteroatoms. The Labute approximate surface area is 139 Å². The first kappa shape index (κ1) is 17.5. The highest BCUT2D eigenvalue weighted by Crippen LogP contribution is 2.20. The molecule has 1 saturated heterocycles. The lowest BCUT2D eigenvalue weighted by atomic mass is 9.92. The molecule has 0 bridgehead atoms. The summed E-state index contributed by atoms with van der Waals surface area (Å²) in [5.74, 6) is 0.429. The lowest BCUT2D eigenvalue weighted by molar-refractivity contribution is 0.0342. The van der Waals surface area contributed by atoms with Crippen LogP contribution in [-0.2, 0) is 11.3 Å². The van der Waals surface area contributed by atoms with Crippen LogP contribution in [0.3, 0.4) is 0 Å². The van der Waals surface area contributed by atoms with Crippen molar-refractivity contribution in [1.82, 2.24) is 4.90 Å². The van der Waals surface area contributed by atoms with Crippen LogP contribution in [0.15, 0.2) is 41.0 Å². The van der Waals surface area contributed by atoms with Crippen LogP contribution in [-0.4, -0.2) is 37.0 Å². The van der Waals surface area contributed by atoms with Gasteiger partial charge in [0.2, 0.25) is 0 Å². The van der Waals surface area contributed by atoms with E-state index in [0.29, 0.717) is 5.84 Å². The Morgan fingerprint density at radius 1 is 1.17 bits per heavy atom. The van der Waals surface area contributed by atoms with Crippen LogP contribution in [0, 0.1) is 5.41 Å². The van der Waals surface area contributed by atoms with E-state index in [4.69, 9.17) is 16.2 Å². The third kappa shape index (κ3) is 5.69. The molecular weight excluding hydrogens is 288 g/mol. The number of nitrogens with zero attached hydrogens (tertiary/aromatic N) is 2. The van der Waals surface area contributed by atoms with E-state index in [1.165, 1.54) is 5.56 Å². The fourth-order valence-electron chi connectivity index (χ4n) is 2.25. The third-order valence-corrected chi connectivity index (χ3v) is 3.87. The van der Waals surface area contributed by atoms with Crippen LogP contribution in [0.25, 0.3) is 0 Å². The minimum absolute atomic E-state index is 0.109. The van der Waals surface area contributed by atoms with Gasteiger partial charge in [-0.2, -0.15) is 0 Å². The molecule has 1 fully saturated rings. The number of hydrogen-bond donors (Lipinski definition) is 2. The number of nitrogens with two attached hydrogens (primary N) is 2. The number of rotatable bonds is 4. The molecule has 0 spiro atoms. The number of allylic oxidation sites excluding steroid dienone is 1. The van der Waals surface area contributed by atoms with Gasteiger partial charge in [-0.25, -0.2) is 4.99 Å². The van der Waals surface area contributed by atoms with Gasteiger partial charge in [-0.05, 0) is 23.8 Å². The molecule has 0 atom stereocenters. The summed E-state index contributed by atoms with van der Waals surface area (Å²) in [4.78, 5) is 6.80. The van der Waals surface area contributed by atoms with Gasteiger partial charge in [0.05, 0.1) is 18.9 Å². The van der Waals surface area contributed by atoms with Gasteiger partial charge < -0.3 is 16.2 Å². The van der Waals surface area contributed by atoms with Crippen molar-refractivity contribution < 1.29 is 4.74 Å². The lowest BCUT2D eigenvalue weighted by Crippen LogP contribution is -2.35. The van der Waals surface area contributed by atoms with Crippen molar-refractivity contribution in [3.8, 4) is 0 Å². The summed E-state index contributed by atoms with van der Waals surface area (Å²) >= 11 is 0. The van der Waals surface area contributed by atoms with E-state index in [1.54, 1.807) is 6.08 Å². The van der Waals surface area contributed by atoms with E-state index < -0.39 is 0 Å². The summed E-state index contributed by atoms with van der Waals surface area (Å²) in [7, 11) is 0. The molecule has 1 aliphatic rings. The normalized spacial score (nSPS) is 18.2. The Morgan fingerprint density at radius 2 is 1.78 bits per heavy atom. The molecule has 0 radical (unpaired) electrons. The summed E-state index contributed by atoms with van der Waals surface area (Å²) < 4.78 is 5.37. The Morgan fingerprint density at radius 3 is 2.35 bits per heavy atom. The second-order valence-corrected chi connectivity index (χ2v) is 6.94. The zero-order valence-corrected chi connectivity index (χ0v) is 14.4. The molecule has 126 valence electrons. The van der Waals surface area contributed by atoms with Gasteiger partial charge in [-0.1, -0.05) is 32.9 Å². The summed E-state index contributed by atoms with van der Waals surface area (Å²) in [6, 6.07) is 8.17. The average molecular weight is 316 g/mol. The van der Waals surface area contributed by atoms with E-state index in [9.17, 15) is 0 Å². The Kier molecular flexibility index (Phi) is 5.80. The first-order valence-electron chi connectivity index (χ1n) is 8.05. The summed E-state index contributed by atoms with van der Waals surface area (Å²) in [6.45, 7) is 10.7. The lowest BCUT2D eigenvalue weighted by Gasteiger charge is -2.26. The van der Waals surface area contributed by atoms with Crippen molar-refractivity contribution in [3.05, 3.63) is 41.6 Å². The molecule has 0 aliphatic carbocycles. The highest BCUT2D eigenvalue weighted by Gasteiger charge is 2.13. The second kappa shape index (κ2) is 7.62. The smallest absolute Gasteiger partial charge is 0.125 e. The largest absolute Gasteiger partial charge is 0.401 e. The number of hydrogen-bond acceptors (Lipinski definition) is 4. The van der Waals surface area contributed by atoms with Gasteiger partial charge in [0.15, 0.2) is 0 Å². The summed E-state index contributed by atoms with van der Waals surface area (Å²) in [5, 5.41) is 0. The zero-order chi connectivity index (χ0) is 16.9. The number of aliphatic imine (C=N–C) groups is 1. The first-order chi connectivity index (χ1) is 10.8. The molecule has 5 nitrogen and oxygen atoms in total. The summed E-state index contributed by atoms with van der Waals surface area (Å²) in [6.07, 6.45) is 1.74. The number of benzene rings is 1. The zero-order valence-electron chi connectivity index (χ0n) is 14.4. The average Bonchev–Trinajstić information content (AvgIpc) is 2.49. The Hall–Kier alpha value is -1.85. The summed E-state index contributed by atoms with van der Waals surface area (Å²) in [5.41, 5.74) is 14.7. The molecule has 0 saturated carbocycles. The van der Waals surface area contributed by atoms with Gasteiger partial charge in [0.25, 0.3) is 0 Å². The molecule has 0 unspecified atom stereocenters. The third-order valence-electron chi connectivity index (χ3n) is 3.87. The van der Waals surface area contributed by atoms with Crippen molar-refractivity contribution in [2.24, 2.45) is 21.9 Å². The van der Waals surface area contributed by atoms with Crippen molar-refractivity contribution in [2.45, 2.75) is 27.3 Å². The van der Waals surface area contributed by atoms with Crippen molar-refractivity contribution in [3.63, 3.8) is 0 Å². The van der Waals surface area contributed by atoms with Crippen LogP contribution in [0.4, 0.5) is 5.69 Å². The molecule has 1 aromatic carbocycles.